The minimum absolute atomic E-state index is 0.00423. The van der Waals surface area contributed by atoms with Crippen molar-refractivity contribution in [1.29, 1.82) is 0 Å². The number of carboxylic acids is 1. The van der Waals surface area contributed by atoms with Crippen molar-refractivity contribution >= 4 is 5.97 Å². The van der Waals surface area contributed by atoms with E-state index in [4.69, 9.17) is 14.3 Å². The lowest BCUT2D eigenvalue weighted by atomic mass is 10.2. The topological polar surface area (TPSA) is 106 Å². The van der Waals surface area contributed by atoms with Crippen LogP contribution in [-0.4, -0.2) is 33.5 Å². The molecule has 0 fully saturated rings. The van der Waals surface area contributed by atoms with Crippen LogP contribution in [0.1, 0.15) is 25.2 Å². The van der Waals surface area contributed by atoms with E-state index in [2.05, 4.69) is 10.2 Å². The lowest BCUT2D eigenvalue weighted by Gasteiger charge is -2.03. The van der Waals surface area contributed by atoms with Gasteiger partial charge in [0.05, 0.1) is 12.7 Å². The average molecular weight is 292 g/mol. The van der Waals surface area contributed by atoms with Crippen molar-refractivity contribution < 1.29 is 24.2 Å². The number of aromatic hydroxyl groups is 1. The molecule has 0 spiro atoms. The summed E-state index contributed by atoms with van der Waals surface area (Å²) in [5.41, 5.74) is 0.431. The molecule has 2 aromatic rings. The summed E-state index contributed by atoms with van der Waals surface area (Å²) in [7, 11) is 1.51. The Morgan fingerprint density at radius 1 is 1.33 bits per heavy atom. The van der Waals surface area contributed by atoms with Crippen LogP contribution in [0.15, 0.2) is 22.6 Å². The fraction of sp³-hybridized carbons (Fsp3) is 0.357. The zero-order valence-corrected chi connectivity index (χ0v) is 11.6. The van der Waals surface area contributed by atoms with Crippen LogP contribution in [0.5, 0.6) is 11.5 Å². The van der Waals surface area contributed by atoms with Gasteiger partial charge in [-0.2, -0.15) is 0 Å². The molecule has 0 amide bonds. The van der Waals surface area contributed by atoms with E-state index in [1.54, 1.807) is 12.1 Å². The van der Waals surface area contributed by atoms with Gasteiger partial charge in [-0.15, -0.1) is 10.2 Å². The number of hydrogen-bond donors (Lipinski definition) is 2. The molecule has 2 N–H and O–H groups in total. The molecule has 2 rings (SSSR count). The van der Waals surface area contributed by atoms with Crippen LogP contribution in [0.25, 0.3) is 11.5 Å². The lowest BCUT2D eigenvalue weighted by molar-refractivity contribution is -0.137. The maximum Gasteiger partial charge on any atom is 0.303 e. The monoisotopic (exact) mass is 292 g/mol. The van der Waals surface area contributed by atoms with E-state index in [9.17, 15) is 9.90 Å². The SMILES string of the molecule is COc1ccc(-c2nnc(CCCCC(=O)O)o2)c(O)c1. The highest BCUT2D eigenvalue weighted by atomic mass is 16.5. The lowest BCUT2D eigenvalue weighted by Crippen LogP contribution is -1.95. The molecule has 0 aliphatic heterocycles. The van der Waals surface area contributed by atoms with Crippen LogP contribution in [0.4, 0.5) is 0 Å². The Labute approximate surface area is 121 Å². The molecule has 0 radical (unpaired) electrons. The number of aliphatic carboxylic acids is 1. The second-order valence-electron chi connectivity index (χ2n) is 4.48. The smallest absolute Gasteiger partial charge is 0.303 e. The van der Waals surface area contributed by atoms with E-state index in [-0.39, 0.29) is 18.1 Å². The van der Waals surface area contributed by atoms with Crippen molar-refractivity contribution in [1.82, 2.24) is 10.2 Å². The van der Waals surface area contributed by atoms with Crippen molar-refractivity contribution in [2.24, 2.45) is 0 Å². The molecule has 112 valence electrons. The summed E-state index contributed by atoms with van der Waals surface area (Å²) in [5.74, 6) is 0.360. The first kappa shape index (κ1) is 14.8. The van der Waals surface area contributed by atoms with Gasteiger partial charge in [-0.25, -0.2) is 0 Å². The Morgan fingerprint density at radius 2 is 2.14 bits per heavy atom. The van der Waals surface area contributed by atoms with Gasteiger partial charge in [-0.3, -0.25) is 4.79 Å². The Kier molecular flexibility index (Phi) is 4.76. The molecular formula is C14H16N2O5. The van der Waals surface area contributed by atoms with Crippen molar-refractivity contribution in [2.45, 2.75) is 25.7 Å². The number of methoxy groups -OCH3 is 1. The molecule has 0 aliphatic rings. The molecule has 0 saturated carbocycles. The van der Waals surface area contributed by atoms with Crippen LogP contribution >= 0.6 is 0 Å². The fourth-order valence-corrected chi connectivity index (χ4v) is 1.84. The number of aromatic nitrogens is 2. The van der Waals surface area contributed by atoms with E-state index in [1.807, 2.05) is 0 Å². The molecule has 0 saturated heterocycles. The summed E-state index contributed by atoms with van der Waals surface area (Å²) in [5, 5.41) is 26.2. The number of unbranched alkanes of at least 4 members (excludes halogenated alkanes) is 1. The summed E-state index contributed by atoms with van der Waals surface area (Å²) < 4.78 is 10.5. The van der Waals surface area contributed by atoms with Crippen molar-refractivity contribution in [3.8, 4) is 23.0 Å². The third-order valence-electron chi connectivity index (χ3n) is 2.93. The van der Waals surface area contributed by atoms with Gasteiger partial charge in [0.1, 0.15) is 11.5 Å². The molecule has 1 heterocycles. The molecule has 7 heteroatoms. The quantitative estimate of drug-likeness (QED) is 0.754. The fourth-order valence-electron chi connectivity index (χ4n) is 1.84. The number of rotatable bonds is 7. The van der Waals surface area contributed by atoms with Gasteiger partial charge in [0.2, 0.25) is 5.89 Å². The molecule has 1 aromatic heterocycles. The molecule has 7 nitrogen and oxygen atoms in total. The van der Waals surface area contributed by atoms with E-state index in [1.165, 1.54) is 13.2 Å². The maximum absolute atomic E-state index is 10.4. The molecule has 0 atom stereocenters. The third-order valence-corrected chi connectivity index (χ3v) is 2.93. The van der Waals surface area contributed by atoms with E-state index < -0.39 is 5.97 Å². The van der Waals surface area contributed by atoms with Crippen LogP contribution in [0, 0.1) is 0 Å². The number of benzene rings is 1. The van der Waals surface area contributed by atoms with Gasteiger partial charge >= 0.3 is 5.97 Å². The molecule has 0 aliphatic carbocycles. The number of nitrogens with zero attached hydrogens (tertiary/aromatic N) is 2. The summed E-state index contributed by atoms with van der Waals surface area (Å²) in [6, 6.07) is 4.79. The van der Waals surface area contributed by atoms with Crippen molar-refractivity contribution in [3.05, 3.63) is 24.1 Å². The second kappa shape index (κ2) is 6.74. The van der Waals surface area contributed by atoms with Crippen LogP contribution in [0.3, 0.4) is 0 Å². The Hall–Kier alpha value is -2.57. The molecular weight excluding hydrogens is 276 g/mol. The largest absolute Gasteiger partial charge is 0.507 e. The van der Waals surface area contributed by atoms with Crippen molar-refractivity contribution in [3.63, 3.8) is 0 Å². The molecule has 1 aromatic carbocycles. The number of ether oxygens (including phenoxy) is 1. The summed E-state index contributed by atoms with van der Waals surface area (Å²) in [6.45, 7) is 0. The normalized spacial score (nSPS) is 10.5. The Bertz CT molecular complexity index is 624. The minimum atomic E-state index is -0.815. The zero-order valence-electron chi connectivity index (χ0n) is 11.6. The first-order valence-corrected chi connectivity index (χ1v) is 6.51. The van der Waals surface area contributed by atoms with Gasteiger partial charge < -0.3 is 19.4 Å². The van der Waals surface area contributed by atoms with Crippen molar-refractivity contribution in [2.75, 3.05) is 7.11 Å². The van der Waals surface area contributed by atoms with E-state index >= 15 is 0 Å². The summed E-state index contributed by atoms with van der Waals surface area (Å²) in [6.07, 6.45) is 1.85. The standard InChI is InChI=1S/C14H16N2O5/c1-20-9-6-7-10(11(17)8-9)14-16-15-12(21-14)4-2-3-5-13(18)19/h6-8,17H,2-5H2,1H3,(H,18,19). The highest BCUT2D eigenvalue weighted by molar-refractivity contribution is 5.66. The highest BCUT2D eigenvalue weighted by Gasteiger charge is 2.13. The Morgan fingerprint density at radius 3 is 2.81 bits per heavy atom. The maximum atomic E-state index is 10.4. The van der Waals surface area contributed by atoms with Gasteiger partial charge in [0, 0.05) is 18.9 Å². The molecule has 0 unspecified atom stereocenters. The number of carboxylic acid groups (broad SMARTS) is 1. The van der Waals surface area contributed by atoms with Crippen LogP contribution in [-0.2, 0) is 11.2 Å². The van der Waals surface area contributed by atoms with Gasteiger partial charge in [-0.05, 0) is 25.0 Å². The number of hydrogen-bond acceptors (Lipinski definition) is 6. The number of phenolic OH excluding ortho intramolecular Hbond substituents is 1. The second-order valence-corrected chi connectivity index (χ2v) is 4.48. The average Bonchev–Trinajstić information content (AvgIpc) is 2.91. The van der Waals surface area contributed by atoms with E-state index in [0.29, 0.717) is 36.5 Å². The van der Waals surface area contributed by atoms with Gasteiger partial charge in [0.25, 0.3) is 5.89 Å². The third kappa shape index (κ3) is 3.95. The van der Waals surface area contributed by atoms with Gasteiger partial charge in [0.15, 0.2) is 0 Å². The predicted octanol–water partition coefficient (Wildman–Crippen LogP) is 2.25. The summed E-state index contributed by atoms with van der Waals surface area (Å²) >= 11 is 0. The molecule has 0 bridgehead atoms. The highest BCUT2D eigenvalue weighted by Crippen LogP contribution is 2.31. The number of aryl methyl sites for hydroxylation is 1. The molecule has 21 heavy (non-hydrogen) atoms. The zero-order chi connectivity index (χ0) is 15.2. The van der Waals surface area contributed by atoms with E-state index in [0.717, 1.165) is 0 Å². The number of carbonyl (C=O) groups is 1. The van der Waals surface area contributed by atoms with Gasteiger partial charge in [-0.1, -0.05) is 0 Å². The Balaban J connectivity index is 2.01. The first-order chi connectivity index (χ1) is 10.1. The minimum Gasteiger partial charge on any atom is -0.507 e. The van der Waals surface area contributed by atoms with Crippen LogP contribution in [0.2, 0.25) is 0 Å². The van der Waals surface area contributed by atoms with Crippen LogP contribution < -0.4 is 4.74 Å². The number of phenols is 1. The summed E-state index contributed by atoms with van der Waals surface area (Å²) in [4.78, 5) is 10.4. The first-order valence-electron chi connectivity index (χ1n) is 6.51. The predicted molar refractivity (Wildman–Crippen MR) is 73.1 cm³/mol.